The molecule has 2 heterocycles. The van der Waals surface area contributed by atoms with E-state index in [4.69, 9.17) is 9.41 Å². The molecule has 0 aliphatic carbocycles. The molecule has 2 unspecified atom stereocenters. The Morgan fingerprint density at radius 3 is 1.93 bits per heavy atom. The SMILES string of the molecule is c1ccc(-c2cc(-c3ccc4cc(C5NC(c6ccc7c(ccc8ccccc87)c6)=NC(c6ccc7ccccc7c6)N5)ccc4c3)c3c(c2)oc2ccccc23)cc1. The van der Waals surface area contributed by atoms with E-state index in [-0.39, 0.29) is 12.3 Å². The topological polar surface area (TPSA) is 49.6 Å². The molecule has 0 amide bonds. The van der Waals surface area contributed by atoms with Crippen LogP contribution in [-0.2, 0) is 0 Å². The van der Waals surface area contributed by atoms with Gasteiger partial charge in [-0.25, -0.2) is 4.99 Å². The molecule has 12 rings (SSSR count). The van der Waals surface area contributed by atoms with Crippen molar-refractivity contribution in [3.8, 4) is 22.3 Å². The molecule has 0 saturated carbocycles. The average molecular weight is 756 g/mol. The summed E-state index contributed by atoms with van der Waals surface area (Å²) in [6.45, 7) is 0. The molecule has 11 aromatic rings. The van der Waals surface area contributed by atoms with E-state index in [0.717, 1.165) is 66.7 Å². The Bertz CT molecular complexity index is 3470. The van der Waals surface area contributed by atoms with Gasteiger partial charge < -0.3 is 9.73 Å². The van der Waals surface area contributed by atoms with Crippen molar-refractivity contribution in [2.24, 2.45) is 4.99 Å². The van der Waals surface area contributed by atoms with Crippen molar-refractivity contribution in [3.63, 3.8) is 0 Å². The van der Waals surface area contributed by atoms with E-state index in [9.17, 15) is 0 Å². The predicted molar refractivity (Wildman–Crippen MR) is 246 cm³/mol. The third-order valence-electron chi connectivity index (χ3n) is 12.1. The highest BCUT2D eigenvalue weighted by atomic mass is 16.3. The number of para-hydroxylation sites is 1. The first kappa shape index (κ1) is 33.6. The van der Waals surface area contributed by atoms with Crippen molar-refractivity contribution in [2.45, 2.75) is 12.3 Å². The van der Waals surface area contributed by atoms with Crippen LogP contribution >= 0.6 is 0 Å². The number of nitrogens with one attached hydrogen (secondary N) is 2. The van der Waals surface area contributed by atoms with Crippen molar-refractivity contribution in [3.05, 3.63) is 217 Å². The molecule has 278 valence electrons. The second-order valence-electron chi connectivity index (χ2n) is 15.6. The summed E-state index contributed by atoms with van der Waals surface area (Å²) in [6, 6.07) is 71.9. The zero-order chi connectivity index (χ0) is 38.9. The largest absolute Gasteiger partial charge is 0.456 e. The Morgan fingerprint density at radius 2 is 1.02 bits per heavy atom. The summed E-state index contributed by atoms with van der Waals surface area (Å²) < 4.78 is 6.46. The first-order chi connectivity index (χ1) is 29.2. The number of nitrogens with zero attached hydrogens (tertiary/aromatic N) is 1. The fourth-order valence-corrected chi connectivity index (χ4v) is 9.08. The van der Waals surface area contributed by atoms with Gasteiger partial charge in [0.25, 0.3) is 0 Å². The summed E-state index contributed by atoms with van der Waals surface area (Å²) >= 11 is 0. The Hall–Kier alpha value is -7.53. The van der Waals surface area contributed by atoms with Crippen LogP contribution in [0, 0.1) is 0 Å². The maximum absolute atomic E-state index is 6.46. The molecule has 0 spiro atoms. The van der Waals surface area contributed by atoms with E-state index in [1.165, 1.54) is 43.1 Å². The van der Waals surface area contributed by atoms with Crippen molar-refractivity contribution < 1.29 is 4.42 Å². The van der Waals surface area contributed by atoms with E-state index in [2.05, 4.69) is 205 Å². The lowest BCUT2D eigenvalue weighted by Crippen LogP contribution is -2.44. The standard InChI is InChI=1S/C55H37N3O/c1-2-10-34(11-3-1)45-32-49(52-48-16-8-9-17-50(48)59-51(52)33-45)41-23-20-39-30-43(25-21-38(39)28-41)54-56-53(42-24-18-35-12-4-5-14-37(35)29-42)57-55(58-54)44-26-27-47-40(31-44)22-19-36-13-6-7-15-46(36)47/h1-33,53-54,56H,(H,57,58). The van der Waals surface area contributed by atoms with Gasteiger partial charge in [-0.15, -0.1) is 0 Å². The lowest BCUT2D eigenvalue weighted by atomic mass is 9.93. The minimum absolute atomic E-state index is 0.185. The third-order valence-corrected chi connectivity index (χ3v) is 12.1. The van der Waals surface area contributed by atoms with Crippen LogP contribution in [0.15, 0.2) is 210 Å². The van der Waals surface area contributed by atoms with Gasteiger partial charge in [-0.2, -0.15) is 0 Å². The lowest BCUT2D eigenvalue weighted by Gasteiger charge is -2.32. The maximum Gasteiger partial charge on any atom is 0.136 e. The molecule has 0 fully saturated rings. The first-order valence-corrected chi connectivity index (χ1v) is 20.2. The van der Waals surface area contributed by atoms with Gasteiger partial charge in [0.05, 0.1) is 0 Å². The number of hydrogen-bond donors (Lipinski definition) is 2. The quantitative estimate of drug-likeness (QED) is 0.172. The number of furan rings is 1. The van der Waals surface area contributed by atoms with Gasteiger partial charge in [-0.05, 0) is 119 Å². The fourth-order valence-electron chi connectivity index (χ4n) is 9.08. The highest BCUT2D eigenvalue weighted by Crippen LogP contribution is 2.41. The van der Waals surface area contributed by atoms with Crippen LogP contribution in [0.3, 0.4) is 0 Å². The molecule has 1 aromatic heterocycles. The number of benzene rings is 10. The zero-order valence-corrected chi connectivity index (χ0v) is 32.1. The summed E-state index contributed by atoms with van der Waals surface area (Å²) in [6.07, 6.45) is -0.440. The number of rotatable bonds is 5. The van der Waals surface area contributed by atoms with Crippen molar-refractivity contribution >= 4 is 70.9 Å². The summed E-state index contributed by atoms with van der Waals surface area (Å²) in [4.78, 5) is 5.34. The summed E-state index contributed by atoms with van der Waals surface area (Å²) in [5.41, 5.74) is 9.74. The van der Waals surface area contributed by atoms with E-state index in [1.807, 2.05) is 6.07 Å². The second-order valence-corrected chi connectivity index (χ2v) is 15.6. The van der Waals surface area contributed by atoms with Gasteiger partial charge in [0.2, 0.25) is 0 Å². The fraction of sp³-hybridized carbons (Fsp3) is 0.0364. The van der Waals surface area contributed by atoms with Crippen LogP contribution in [0.2, 0.25) is 0 Å². The molecular formula is C55H37N3O. The number of aliphatic imine (C=N–C) groups is 1. The number of hydrogen-bond acceptors (Lipinski definition) is 4. The van der Waals surface area contributed by atoms with Gasteiger partial charge in [0, 0.05) is 16.3 Å². The minimum atomic E-state index is -0.254. The van der Waals surface area contributed by atoms with Crippen LogP contribution in [0.5, 0.6) is 0 Å². The van der Waals surface area contributed by atoms with Crippen LogP contribution in [-0.4, -0.2) is 5.84 Å². The highest BCUT2D eigenvalue weighted by Gasteiger charge is 2.26. The van der Waals surface area contributed by atoms with Gasteiger partial charge in [-0.3, -0.25) is 5.32 Å². The molecule has 1 aliphatic heterocycles. The van der Waals surface area contributed by atoms with E-state index >= 15 is 0 Å². The van der Waals surface area contributed by atoms with Crippen LogP contribution in [0.1, 0.15) is 29.0 Å². The molecule has 0 bridgehead atoms. The van der Waals surface area contributed by atoms with Gasteiger partial charge in [0.1, 0.15) is 29.3 Å². The third kappa shape index (κ3) is 5.84. The first-order valence-electron chi connectivity index (χ1n) is 20.2. The smallest absolute Gasteiger partial charge is 0.136 e. The monoisotopic (exact) mass is 755 g/mol. The van der Waals surface area contributed by atoms with E-state index in [0.29, 0.717) is 0 Å². The van der Waals surface area contributed by atoms with Crippen molar-refractivity contribution in [2.75, 3.05) is 0 Å². The molecule has 1 aliphatic rings. The van der Waals surface area contributed by atoms with E-state index < -0.39 is 0 Å². The van der Waals surface area contributed by atoms with Crippen LogP contribution < -0.4 is 10.6 Å². The Balaban J connectivity index is 0.945. The lowest BCUT2D eigenvalue weighted by molar-refractivity contribution is 0.409. The summed E-state index contributed by atoms with van der Waals surface area (Å²) in [7, 11) is 0. The molecule has 0 saturated heterocycles. The molecule has 4 nitrogen and oxygen atoms in total. The molecule has 0 radical (unpaired) electrons. The molecule has 2 N–H and O–H groups in total. The van der Waals surface area contributed by atoms with Crippen LogP contribution in [0.25, 0.3) is 87.3 Å². The zero-order valence-electron chi connectivity index (χ0n) is 32.1. The summed E-state index contributed by atoms with van der Waals surface area (Å²) in [5, 5.41) is 19.6. The normalized spacial score (nSPS) is 15.6. The molecule has 4 heteroatoms. The van der Waals surface area contributed by atoms with Gasteiger partial charge in [0.15, 0.2) is 0 Å². The minimum Gasteiger partial charge on any atom is -0.456 e. The Kier molecular flexibility index (Phi) is 7.72. The van der Waals surface area contributed by atoms with Crippen molar-refractivity contribution in [1.29, 1.82) is 0 Å². The molecule has 59 heavy (non-hydrogen) atoms. The number of fused-ring (bicyclic) bond motifs is 8. The molecule has 2 atom stereocenters. The number of amidine groups is 1. The molecular weight excluding hydrogens is 719 g/mol. The van der Waals surface area contributed by atoms with E-state index in [1.54, 1.807) is 0 Å². The maximum atomic E-state index is 6.46. The average Bonchev–Trinajstić information content (AvgIpc) is 3.69. The second kappa shape index (κ2) is 13.6. The van der Waals surface area contributed by atoms with Crippen LogP contribution in [0.4, 0.5) is 0 Å². The van der Waals surface area contributed by atoms with Crippen molar-refractivity contribution in [1.82, 2.24) is 10.6 Å². The summed E-state index contributed by atoms with van der Waals surface area (Å²) in [5.74, 6) is 0.868. The van der Waals surface area contributed by atoms with Gasteiger partial charge in [-0.1, -0.05) is 158 Å². The molecule has 10 aromatic carbocycles. The highest BCUT2D eigenvalue weighted by molar-refractivity contribution is 6.14. The Morgan fingerprint density at radius 1 is 0.390 bits per heavy atom. The van der Waals surface area contributed by atoms with Gasteiger partial charge >= 0.3 is 0 Å². The predicted octanol–water partition coefficient (Wildman–Crippen LogP) is 13.9. The Labute approximate surface area is 341 Å².